The van der Waals surface area contributed by atoms with Crippen LogP contribution in [0.25, 0.3) is 11.2 Å². The summed E-state index contributed by atoms with van der Waals surface area (Å²) in [6, 6.07) is 5.70. The van der Waals surface area contributed by atoms with Crippen LogP contribution in [0.4, 0.5) is 0 Å². The number of hydrogen-bond acceptors (Lipinski definition) is 4. The van der Waals surface area contributed by atoms with E-state index in [-0.39, 0.29) is 11.2 Å². The van der Waals surface area contributed by atoms with Gasteiger partial charge in [-0.1, -0.05) is 6.07 Å². The summed E-state index contributed by atoms with van der Waals surface area (Å²) in [4.78, 5) is 38.6. The summed E-state index contributed by atoms with van der Waals surface area (Å²) in [5.41, 5.74) is 0.501. The van der Waals surface area contributed by atoms with Gasteiger partial charge in [-0.05, 0) is 18.6 Å². The monoisotopic (exact) mass is 257 g/mol. The number of aromatic amines is 3. The van der Waals surface area contributed by atoms with Gasteiger partial charge in [0.15, 0.2) is 5.65 Å². The van der Waals surface area contributed by atoms with Crippen molar-refractivity contribution in [1.82, 2.24) is 24.9 Å². The molecule has 0 saturated heterocycles. The highest BCUT2D eigenvalue weighted by Gasteiger charge is 2.07. The predicted octanol–water partition coefficient (Wildman–Crippen LogP) is 0.120. The average Bonchev–Trinajstić information content (AvgIpc) is 2.81. The zero-order valence-corrected chi connectivity index (χ0v) is 9.93. The molecule has 3 aromatic rings. The number of pyridine rings is 1. The highest BCUT2D eigenvalue weighted by atomic mass is 16.2. The molecule has 19 heavy (non-hydrogen) atoms. The molecule has 0 aromatic carbocycles. The summed E-state index contributed by atoms with van der Waals surface area (Å²) in [6.45, 7) is 0. The summed E-state index contributed by atoms with van der Waals surface area (Å²) in [6.07, 6.45) is 3.06. The van der Waals surface area contributed by atoms with E-state index in [0.717, 1.165) is 5.69 Å². The van der Waals surface area contributed by atoms with Crippen LogP contribution in [0.2, 0.25) is 0 Å². The van der Waals surface area contributed by atoms with Crippen molar-refractivity contribution in [2.75, 3.05) is 0 Å². The zero-order valence-electron chi connectivity index (χ0n) is 9.93. The topological polar surface area (TPSA) is 107 Å². The lowest BCUT2D eigenvalue weighted by Gasteiger charge is -1.96. The molecule has 3 aromatic heterocycles. The Balaban J connectivity index is 1.88. The first-order chi connectivity index (χ1) is 9.22. The summed E-state index contributed by atoms with van der Waals surface area (Å²) >= 11 is 0. The molecule has 0 radical (unpaired) electrons. The Kier molecular flexibility index (Phi) is 2.71. The average molecular weight is 257 g/mol. The van der Waals surface area contributed by atoms with Gasteiger partial charge >= 0.3 is 5.69 Å². The minimum atomic E-state index is -0.555. The summed E-state index contributed by atoms with van der Waals surface area (Å²) in [5.74, 6) is 0.646. The van der Waals surface area contributed by atoms with Crippen LogP contribution in [-0.2, 0) is 12.8 Å². The van der Waals surface area contributed by atoms with Crippen LogP contribution in [0.3, 0.4) is 0 Å². The van der Waals surface area contributed by atoms with Crippen LogP contribution in [0, 0.1) is 0 Å². The van der Waals surface area contributed by atoms with E-state index in [1.165, 1.54) is 0 Å². The van der Waals surface area contributed by atoms with Crippen molar-refractivity contribution in [1.29, 1.82) is 0 Å². The molecule has 7 heteroatoms. The van der Waals surface area contributed by atoms with Gasteiger partial charge in [0.2, 0.25) is 0 Å². The third kappa shape index (κ3) is 2.30. The van der Waals surface area contributed by atoms with Crippen LogP contribution < -0.4 is 11.2 Å². The lowest BCUT2D eigenvalue weighted by atomic mass is 10.2. The van der Waals surface area contributed by atoms with Gasteiger partial charge in [0.05, 0.1) is 0 Å². The van der Waals surface area contributed by atoms with Gasteiger partial charge in [0.25, 0.3) is 5.56 Å². The van der Waals surface area contributed by atoms with E-state index >= 15 is 0 Å². The highest BCUT2D eigenvalue weighted by molar-refractivity contribution is 5.68. The molecule has 0 fully saturated rings. The molecule has 7 nitrogen and oxygen atoms in total. The second kappa shape index (κ2) is 4.52. The summed E-state index contributed by atoms with van der Waals surface area (Å²) in [7, 11) is 0. The van der Waals surface area contributed by atoms with E-state index in [1.807, 2.05) is 18.2 Å². The number of rotatable bonds is 3. The third-order valence-corrected chi connectivity index (χ3v) is 2.78. The molecule has 96 valence electrons. The minimum Gasteiger partial charge on any atom is -0.336 e. The van der Waals surface area contributed by atoms with Gasteiger partial charge in [-0.15, -0.1) is 0 Å². The molecule has 0 aliphatic heterocycles. The Morgan fingerprint density at radius 2 is 1.95 bits per heavy atom. The van der Waals surface area contributed by atoms with Crippen molar-refractivity contribution in [3.8, 4) is 0 Å². The van der Waals surface area contributed by atoms with Gasteiger partial charge in [-0.25, -0.2) is 9.78 Å². The molecular formula is C12H11N5O2. The number of aryl methyl sites for hydroxylation is 2. The number of nitrogens with zero attached hydrogens (tertiary/aromatic N) is 2. The van der Waals surface area contributed by atoms with E-state index in [4.69, 9.17) is 0 Å². The molecule has 0 bridgehead atoms. The fourth-order valence-corrected chi connectivity index (χ4v) is 1.89. The molecule has 0 saturated carbocycles. The first kappa shape index (κ1) is 11.4. The maximum absolute atomic E-state index is 11.5. The molecule has 0 amide bonds. The number of imidazole rings is 1. The lowest BCUT2D eigenvalue weighted by molar-refractivity contribution is 0.860. The number of nitrogens with one attached hydrogen (secondary N) is 3. The first-order valence-corrected chi connectivity index (χ1v) is 5.83. The van der Waals surface area contributed by atoms with Crippen molar-refractivity contribution in [2.45, 2.75) is 12.8 Å². The Bertz CT molecular complexity index is 815. The zero-order chi connectivity index (χ0) is 13.2. The molecule has 3 N–H and O–H groups in total. The Labute approximate surface area is 106 Å². The smallest absolute Gasteiger partial charge is 0.327 e. The molecule has 0 aliphatic carbocycles. The van der Waals surface area contributed by atoms with E-state index in [0.29, 0.717) is 18.7 Å². The first-order valence-electron chi connectivity index (χ1n) is 5.83. The van der Waals surface area contributed by atoms with Gasteiger partial charge < -0.3 is 4.98 Å². The van der Waals surface area contributed by atoms with E-state index in [9.17, 15) is 9.59 Å². The van der Waals surface area contributed by atoms with Crippen molar-refractivity contribution in [3.05, 3.63) is 56.8 Å². The van der Waals surface area contributed by atoms with Gasteiger partial charge in [-0.3, -0.25) is 19.7 Å². The normalized spacial score (nSPS) is 10.9. The van der Waals surface area contributed by atoms with E-state index in [1.54, 1.807) is 6.20 Å². The number of aromatic nitrogens is 5. The van der Waals surface area contributed by atoms with Crippen LogP contribution in [0.5, 0.6) is 0 Å². The predicted molar refractivity (Wildman–Crippen MR) is 69.0 cm³/mol. The maximum atomic E-state index is 11.5. The van der Waals surface area contributed by atoms with Crippen LogP contribution >= 0.6 is 0 Å². The van der Waals surface area contributed by atoms with Crippen LogP contribution in [-0.4, -0.2) is 24.9 Å². The summed E-state index contributed by atoms with van der Waals surface area (Å²) < 4.78 is 0. The van der Waals surface area contributed by atoms with Crippen molar-refractivity contribution in [3.63, 3.8) is 0 Å². The SMILES string of the molecule is O=c1[nH]c(=O)c2[nH]c(CCc3ccccn3)nc2[nH]1. The molecule has 0 unspecified atom stereocenters. The fourth-order valence-electron chi connectivity index (χ4n) is 1.89. The maximum Gasteiger partial charge on any atom is 0.327 e. The minimum absolute atomic E-state index is 0.282. The molecular weight excluding hydrogens is 246 g/mol. The standard InChI is InChI=1S/C12H11N5O2/c18-11-9-10(16-12(19)17-11)15-8(14-9)5-4-7-3-1-2-6-13-7/h1-3,6H,4-5H2,(H3,14,15,16,17,18,19). The van der Waals surface area contributed by atoms with Gasteiger partial charge in [-0.2, -0.15) is 0 Å². The molecule has 0 aliphatic rings. The quantitative estimate of drug-likeness (QED) is 0.619. The number of fused-ring (bicyclic) bond motifs is 1. The molecule has 3 heterocycles. The second-order valence-electron chi connectivity index (χ2n) is 4.14. The van der Waals surface area contributed by atoms with Gasteiger partial charge in [0, 0.05) is 18.3 Å². The molecule has 0 atom stereocenters. The van der Waals surface area contributed by atoms with Crippen LogP contribution in [0.15, 0.2) is 34.0 Å². The Morgan fingerprint density at radius 1 is 1.05 bits per heavy atom. The Morgan fingerprint density at radius 3 is 2.74 bits per heavy atom. The van der Waals surface area contributed by atoms with Gasteiger partial charge in [0.1, 0.15) is 11.3 Å². The number of H-pyrrole nitrogens is 3. The fraction of sp³-hybridized carbons (Fsp3) is 0.167. The van der Waals surface area contributed by atoms with E-state index in [2.05, 4.69) is 24.9 Å². The molecule has 0 spiro atoms. The highest BCUT2D eigenvalue weighted by Crippen LogP contribution is 2.05. The Hall–Kier alpha value is -2.70. The second-order valence-corrected chi connectivity index (χ2v) is 4.14. The van der Waals surface area contributed by atoms with E-state index < -0.39 is 11.2 Å². The summed E-state index contributed by atoms with van der Waals surface area (Å²) in [5, 5.41) is 0. The van der Waals surface area contributed by atoms with Crippen molar-refractivity contribution in [2.24, 2.45) is 0 Å². The molecule has 3 rings (SSSR count). The van der Waals surface area contributed by atoms with Crippen molar-refractivity contribution < 1.29 is 0 Å². The third-order valence-electron chi connectivity index (χ3n) is 2.78. The largest absolute Gasteiger partial charge is 0.336 e. The van der Waals surface area contributed by atoms with Crippen LogP contribution in [0.1, 0.15) is 11.5 Å². The van der Waals surface area contributed by atoms with Crippen molar-refractivity contribution >= 4 is 11.2 Å². The lowest BCUT2D eigenvalue weighted by Crippen LogP contribution is -2.21. The number of hydrogen-bond donors (Lipinski definition) is 3.